The molecular weight excluding hydrogens is 340 g/mol. The molecule has 0 saturated heterocycles. The van der Waals surface area contributed by atoms with E-state index >= 15 is 0 Å². The molecule has 0 fully saturated rings. The number of hydrogen-bond donors (Lipinski definition) is 2. The second-order valence-corrected chi connectivity index (χ2v) is 5.98. The Bertz CT molecular complexity index is 980. The maximum Gasteiger partial charge on any atom is 0.252 e. The highest BCUT2D eigenvalue weighted by Gasteiger charge is 2.17. The van der Waals surface area contributed by atoms with Crippen LogP contribution in [0.1, 0.15) is 42.2 Å². The third-order valence-corrected chi connectivity index (χ3v) is 4.14. The van der Waals surface area contributed by atoms with Gasteiger partial charge in [0, 0.05) is 23.2 Å². The Kier molecular flexibility index (Phi) is 5.42. The third-order valence-electron chi connectivity index (χ3n) is 4.14. The number of ketones is 1. The van der Waals surface area contributed by atoms with Crippen molar-refractivity contribution in [3.63, 3.8) is 0 Å². The lowest BCUT2D eigenvalue weighted by atomic mass is 9.98. The summed E-state index contributed by atoms with van der Waals surface area (Å²) < 4.78 is 0. The van der Waals surface area contributed by atoms with Gasteiger partial charge in [0.05, 0.1) is 5.56 Å². The lowest BCUT2D eigenvalue weighted by molar-refractivity contribution is 0.0939. The van der Waals surface area contributed by atoms with Gasteiger partial charge in [-0.2, -0.15) is 0 Å². The van der Waals surface area contributed by atoms with E-state index in [9.17, 15) is 14.4 Å². The first-order valence-electron chi connectivity index (χ1n) is 8.42. The first-order valence-corrected chi connectivity index (χ1v) is 8.42. The molecule has 0 unspecified atom stereocenters. The summed E-state index contributed by atoms with van der Waals surface area (Å²) in [5, 5.41) is 2.80. The van der Waals surface area contributed by atoms with Crippen molar-refractivity contribution in [3.05, 3.63) is 107 Å². The van der Waals surface area contributed by atoms with Crippen LogP contribution in [0.3, 0.4) is 0 Å². The van der Waals surface area contributed by atoms with Gasteiger partial charge in [0.2, 0.25) is 5.91 Å². The van der Waals surface area contributed by atoms with Crippen LogP contribution in [0.25, 0.3) is 0 Å². The zero-order valence-electron chi connectivity index (χ0n) is 14.5. The first kappa shape index (κ1) is 18.1. The van der Waals surface area contributed by atoms with Gasteiger partial charge >= 0.3 is 0 Å². The Labute approximate surface area is 156 Å². The quantitative estimate of drug-likeness (QED) is 0.664. The minimum atomic E-state index is -0.501. The van der Waals surface area contributed by atoms with Crippen LogP contribution >= 0.6 is 0 Å². The number of carbonyl (C=O) groups excluding carboxylic acids is 3. The molecule has 0 bridgehead atoms. The SMILES string of the molecule is NC(=O)c1ccc(CNC(=O)c2ccccc2C(=O)c2ccccc2)cc1. The van der Waals surface area contributed by atoms with Crippen molar-refractivity contribution in [2.45, 2.75) is 6.54 Å². The number of rotatable bonds is 6. The Balaban J connectivity index is 1.75. The molecule has 27 heavy (non-hydrogen) atoms. The summed E-state index contributed by atoms with van der Waals surface area (Å²) in [5.74, 6) is -1.04. The van der Waals surface area contributed by atoms with Gasteiger partial charge in [-0.1, -0.05) is 60.7 Å². The molecule has 0 aliphatic rings. The molecule has 2 amide bonds. The van der Waals surface area contributed by atoms with Crippen LogP contribution in [0.15, 0.2) is 78.9 Å². The van der Waals surface area contributed by atoms with Crippen molar-refractivity contribution in [2.24, 2.45) is 5.73 Å². The fraction of sp³-hybridized carbons (Fsp3) is 0.0455. The van der Waals surface area contributed by atoms with Crippen LogP contribution in [0.2, 0.25) is 0 Å². The normalized spacial score (nSPS) is 10.2. The number of amides is 2. The third kappa shape index (κ3) is 4.27. The topological polar surface area (TPSA) is 89.3 Å². The van der Waals surface area contributed by atoms with Gasteiger partial charge in [0.25, 0.3) is 5.91 Å². The molecule has 5 heteroatoms. The number of nitrogens with one attached hydrogen (secondary N) is 1. The molecule has 3 rings (SSSR count). The fourth-order valence-corrected chi connectivity index (χ4v) is 2.69. The van der Waals surface area contributed by atoms with E-state index in [1.807, 2.05) is 6.07 Å². The Morgan fingerprint density at radius 3 is 1.93 bits per heavy atom. The van der Waals surface area contributed by atoms with E-state index in [4.69, 9.17) is 5.73 Å². The number of hydrogen-bond acceptors (Lipinski definition) is 3. The summed E-state index contributed by atoms with van der Waals surface area (Å²) in [5.41, 5.74) is 7.64. The van der Waals surface area contributed by atoms with Gasteiger partial charge in [-0.3, -0.25) is 14.4 Å². The first-order chi connectivity index (χ1) is 13.1. The van der Waals surface area contributed by atoms with Gasteiger partial charge < -0.3 is 11.1 Å². The standard InChI is InChI=1S/C22H18N2O3/c23-21(26)17-12-10-15(11-13-17)14-24-22(27)19-9-5-4-8-18(19)20(25)16-6-2-1-3-7-16/h1-13H,14H2,(H2,23,26)(H,24,27). The Morgan fingerprint density at radius 1 is 0.704 bits per heavy atom. The van der Waals surface area contributed by atoms with E-state index in [0.717, 1.165) is 5.56 Å². The maximum absolute atomic E-state index is 12.7. The minimum absolute atomic E-state index is 0.202. The molecule has 0 aromatic heterocycles. The van der Waals surface area contributed by atoms with E-state index in [0.29, 0.717) is 22.3 Å². The molecule has 0 saturated carbocycles. The summed E-state index contributed by atoms with van der Waals surface area (Å²) in [6, 6.07) is 22.2. The molecule has 3 N–H and O–H groups in total. The van der Waals surface area contributed by atoms with Gasteiger partial charge in [-0.15, -0.1) is 0 Å². The van der Waals surface area contributed by atoms with Crippen LogP contribution in [-0.4, -0.2) is 17.6 Å². The summed E-state index contributed by atoms with van der Waals surface area (Å²) >= 11 is 0. The highest BCUT2D eigenvalue weighted by Crippen LogP contribution is 2.15. The second kappa shape index (κ2) is 8.10. The van der Waals surface area contributed by atoms with Gasteiger partial charge in [-0.25, -0.2) is 0 Å². The zero-order valence-corrected chi connectivity index (χ0v) is 14.5. The van der Waals surface area contributed by atoms with Crippen molar-refractivity contribution < 1.29 is 14.4 Å². The number of nitrogens with two attached hydrogens (primary N) is 1. The molecule has 134 valence electrons. The van der Waals surface area contributed by atoms with Crippen LogP contribution in [-0.2, 0) is 6.54 Å². The molecule has 5 nitrogen and oxygen atoms in total. The minimum Gasteiger partial charge on any atom is -0.366 e. The molecule has 0 aliphatic heterocycles. The van der Waals surface area contributed by atoms with E-state index < -0.39 is 5.91 Å². The van der Waals surface area contributed by atoms with Crippen LogP contribution in [0, 0.1) is 0 Å². The van der Waals surface area contributed by atoms with Gasteiger partial charge in [0.1, 0.15) is 0 Å². The predicted molar refractivity (Wildman–Crippen MR) is 102 cm³/mol. The van der Waals surface area contributed by atoms with E-state index in [1.54, 1.807) is 72.8 Å². The molecule has 0 spiro atoms. The molecule has 0 atom stereocenters. The Morgan fingerprint density at radius 2 is 1.30 bits per heavy atom. The average molecular weight is 358 g/mol. The van der Waals surface area contributed by atoms with Crippen LogP contribution < -0.4 is 11.1 Å². The van der Waals surface area contributed by atoms with E-state index in [2.05, 4.69) is 5.32 Å². The van der Waals surface area contributed by atoms with E-state index in [1.165, 1.54) is 0 Å². The highest BCUT2D eigenvalue weighted by molar-refractivity contribution is 6.15. The molecular formula is C22H18N2O3. The monoisotopic (exact) mass is 358 g/mol. The van der Waals surface area contributed by atoms with Gasteiger partial charge in [0.15, 0.2) is 5.78 Å². The summed E-state index contributed by atoms with van der Waals surface area (Å²) in [4.78, 5) is 36.4. The average Bonchev–Trinajstić information content (AvgIpc) is 2.72. The zero-order chi connectivity index (χ0) is 19.2. The van der Waals surface area contributed by atoms with Crippen molar-refractivity contribution in [1.29, 1.82) is 0 Å². The summed E-state index contributed by atoms with van der Waals surface area (Å²) in [7, 11) is 0. The summed E-state index contributed by atoms with van der Waals surface area (Å²) in [6.07, 6.45) is 0. The summed E-state index contributed by atoms with van der Waals surface area (Å²) in [6.45, 7) is 0.270. The molecule has 0 aliphatic carbocycles. The number of primary amides is 1. The van der Waals surface area contributed by atoms with Crippen LogP contribution in [0.4, 0.5) is 0 Å². The number of carbonyl (C=O) groups is 3. The van der Waals surface area contributed by atoms with Crippen molar-refractivity contribution in [2.75, 3.05) is 0 Å². The van der Waals surface area contributed by atoms with Gasteiger partial charge in [-0.05, 0) is 23.8 Å². The Hall–Kier alpha value is -3.73. The smallest absolute Gasteiger partial charge is 0.252 e. The van der Waals surface area contributed by atoms with Crippen molar-refractivity contribution >= 4 is 17.6 Å². The lowest BCUT2D eigenvalue weighted by Crippen LogP contribution is -2.25. The molecule has 0 radical (unpaired) electrons. The fourth-order valence-electron chi connectivity index (χ4n) is 2.69. The van der Waals surface area contributed by atoms with Crippen LogP contribution in [0.5, 0.6) is 0 Å². The highest BCUT2D eigenvalue weighted by atomic mass is 16.2. The largest absolute Gasteiger partial charge is 0.366 e. The molecule has 3 aromatic rings. The lowest BCUT2D eigenvalue weighted by Gasteiger charge is -2.10. The van der Waals surface area contributed by atoms with Crippen molar-refractivity contribution in [1.82, 2.24) is 5.32 Å². The maximum atomic E-state index is 12.7. The van der Waals surface area contributed by atoms with Crippen molar-refractivity contribution in [3.8, 4) is 0 Å². The van der Waals surface area contributed by atoms with E-state index in [-0.39, 0.29) is 18.2 Å². The predicted octanol–water partition coefficient (Wildman–Crippen LogP) is 2.95. The molecule has 0 heterocycles. The second-order valence-electron chi connectivity index (χ2n) is 5.98. The molecule has 3 aromatic carbocycles. The number of benzene rings is 3.